The van der Waals surface area contributed by atoms with Crippen molar-refractivity contribution >= 4 is 21.9 Å². The molecule has 1 unspecified atom stereocenters. The summed E-state index contributed by atoms with van der Waals surface area (Å²) < 4.78 is 6.39. The van der Waals surface area contributed by atoms with E-state index in [0.717, 1.165) is 33.2 Å². The summed E-state index contributed by atoms with van der Waals surface area (Å²) in [5, 5.41) is 2.24. The minimum Gasteiger partial charge on any atom is -0.455 e. The highest BCUT2D eigenvalue weighted by Crippen LogP contribution is 2.37. The van der Waals surface area contributed by atoms with Crippen LogP contribution in [-0.2, 0) is 0 Å². The molecule has 0 amide bonds. The molecule has 2 heterocycles. The molecule has 0 aliphatic carbocycles. The number of aromatic nitrogens is 1. The minimum absolute atomic E-state index is 0.287. The molecule has 4 aromatic carbocycles. The second-order valence-corrected chi connectivity index (χ2v) is 8.97. The minimum atomic E-state index is 0.287. The first-order chi connectivity index (χ1) is 16.7. The van der Waals surface area contributed by atoms with Gasteiger partial charge in [0.2, 0.25) is 0 Å². The van der Waals surface area contributed by atoms with E-state index >= 15 is 0 Å². The number of benzene rings is 4. The molecule has 0 N–H and O–H groups in total. The molecule has 0 aliphatic rings. The van der Waals surface area contributed by atoms with Crippen LogP contribution in [0.15, 0.2) is 114 Å². The summed E-state index contributed by atoms with van der Waals surface area (Å²) in [6, 6.07) is 36.3. The number of aryl methyl sites for hydroxylation is 1. The maximum absolute atomic E-state index is 6.39. The van der Waals surface area contributed by atoms with Crippen molar-refractivity contribution in [1.82, 2.24) is 4.98 Å². The van der Waals surface area contributed by atoms with Crippen molar-refractivity contribution in [3.05, 3.63) is 126 Å². The first kappa shape index (κ1) is 20.4. The summed E-state index contributed by atoms with van der Waals surface area (Å²) in [4.78, 5) is 4.72. The lowest BCUT2D eigenvalue weighted by molar-refractivity contribution is 0.670. The Morgan fingerprint density at radius 2 is 1.47 bits per heavy atom. The van der Waals surface area contributed by atoms with Crippen LogP contribution in [0.25, 0.3) is 44.3 Å². The molecule has 6 rings (SSSR count). The molecule has 0 radical (unpaired) electrons. The van der Waals surface area contributed by atoms with Crippen molar-refractivity contribution in [3.63, 3.8) is 0 Å². The van der Waals surface area contributed by atoms with Gasteiger partial charge < -0.3 is 4.42 Å². The largest absolute Gasteiger partial charge is 0.455 e. The van der Waals surface area contributed by atoms with Gasteiger partial charge in [0.1, 0.15) is 11.2 Å². The van der Waals surface area contributed by atoms with Crippen LogP contribution in [-0.4, -0.2) is 4.98 Å². The Morgan fingerprint density at radius 1 is 0.676 bits per heavy atom. The highest BCUT2D eigenvalue weighted by atomic mass is 16.3. The molecule has 0 saturated carbocycles. The predicted octanol–water partition coefficient (Wildman–Crippen LogP) is 8.78. The smallest absolute Gasteiger partial charge is 0.144 e. The molecule has 0 fully saturated rings. The van der Waals surface area contributed by atoms with Gasteiger partial charge >= 0.3 is 0 Å². The van der Waals surface area contributed by atoms with Crippen molar-refractivity contribution < 1.29 is 4.42 Å². The van der Waals surface area contributed by atoms with Crippen molar-refractivity contribution in [2.45, 2.75) is 19.8 Å². The van der Waals surface area contributed by atoms with E-state index in [1.807, 2.05) is 6.20 Å². The van der Waals surface area contributed by atoms with Crippen LogP contribution < -0.4 is 0 Å². The van der Waals surface area contributed by atoms with Crippen LogP contribution in [0.3, 0.4) is 0 Å². The summed E-state index contributed by atoms with van der Waals surface area (Å²) in [6.45, 7) is 4.35. The van der Waals surface area contributed by atoms with Gasteiger partial charge in [0.15, 0.2) is 0 Å². The highest BCUT2D eigenvalue weighted by molar-refractivity contribution is 6.10. The SMILES string of the molecule is Cc1ccc(-c2ccc3oc4c(-c5cc(C(C)c6ccccc6)ccn5)cccc4c3c2)cc1. The highest BCUT2D eigenvalue weighted by Gasteiger charge is 2.15. The fourth-order valence-corrected chi connectivity index (χ4v) is 4.72. The topological polar surface area (TPSA) is 26.0 Å². The molecule has 2 nitrogen and oxygen atoms in total. The predicted molar refractivity (Wildman–Crippen MR) is 141 cm³/mol. The van der Waals surface area contributed by atoms with E-state index in [0.29, 0.717) is 0 Å². The summed E-state index contributed by atoms with van der Waals surface area (Å²) >= 11 is 0. The van der Waals surface area contributed by atoms with Gasteiger partial charge in [0, 0.05) is 28.5 Å². The third-order valence-electron chi connectivity index (χ3n) is 6.74. The van der Waals surface area contributed by atoms with Gasteiger partial charge in [0.25, 0.3) is 0 Å². The summed E-state index contributed by atoms with van der Waals surface area (Å²) in [5.41, 5.74) is 9.94. The number of para-hydroxylation sites is 1. The van der Waals surface area contributed by atoms with E-state index < -0.39 is 0 Å². The standard InChI is InChI=1S/C32H25NO/c1-21-11-13-24(14-12-21)26-15-16-31-29(19-26)27-9-6-10-28(32(27)34-31)30-20-25(17-18-33-30)22(2)23-7-4-3-5-8-23/h3-20,22H,1-2H3. The lowest BCUT2D eigenvalue weighted by Crippen LogP contribution is -1.97. The van der Waals surface area contributed by atoms with E-state index in [-0.39, 0.29) is 5.92 Å². The zero-order valence-electron chi connectivity index (χ0n) is 19.3. The number of hydrogen-bond acceptors (Lipinski definition) is 2. The zero-order valence-corrected chi connectivity index (χ0v) is 19.3. The van der Waals surface area contributed by atoms with Gasteiger partial charge in [-0.3, -0.25) is 4.98 Å². The van der Waals surface area contributed by atoms with E-state index in [9.17, 15) is 0 Å². The second-order valence-electron chi connectivity index (χ2n) is 8.97. The van der Waals surface area contributed by atoms with Crippen molar-refractivity contribution in [2.75, 3.05) is 0 Å². The van der Waals surface area contributed by atoms with E-state index in [1.54, 1.807) is 0 Å². The lowest BCUT2D eigenvalue weighted by Gasteiger charge is -2.13. The van der Waals surface area contributed by atoms with Gasteiger partial charge in [-0.25, -0.2) is 0 Å². The molecule has 0 spiro atoms. The molecule has 1 atom stereocenters. The summed E-state index contributed by atoms with van der Waals surface area (Å²) in [6.07, 6.45) is 1.90. The number of nitrogens with zero attached hydrogens (tertiary/aromatic N) is 1. The van der Waals surface area contributed by atoms with Crippen molar-refractivity contribution in [2.24, 2.45) is 0 Å². The quantitative estimate of drug-likeness (QED) is 0.274. The first-order valence-electron chi connectivity index (χ1n) is 11.7. The average Bonchev–Trinajstić information content (AvgIpc) is 3.27. The van der Waals surface area contributed by atoms with Gasteiger partial charge in [-0.1, -0.05) is 85.3 Å². The van der Waals surface area contributed by atoms with Gasteiger partial charge in [-0.15, -0.1) is 0 Å². The number of rotatable bonds is 4. The Morgan fingerprint density at radius 3 is 2.29 bits per heavy atom. The average molecular weight is 440 g/mol. The Balaban J connectivity index is 1.46. The Bertz CT molecular complexity index is 1610. The van der Waals surface area contributed by atoms with Crippen LogP contribution in [0.4, 0.5) is 0 Å². The molecule has 34 heavy (non-hydrogen) atoms. The van der Waals surface area contributed by atoms with E-state index in [2.05, 4.69) is 117 Å². The molecule has 2 heteroatoms. The van der Waals surface area contributed by atoms with Gasteiger partial charge in [-0.05, 0) is 59.5 Å². The normalized spacial score (nSPS) is 12.3. The fraction of sp³-hybridized carbons (Fsp3) is 0.0938. The van der Waals surface area contributed by atoms with Crippen LogP contribution in [0.2, 0.25) is 0 Å². The lowest BCUT2D eigenvalue weighted by atomic mass is 9.92. The molecule has 6 aromatic rings. The monoisotopic (exact) mass is 439 g/mol. The molecule has 0 aliphatic heterocycles. The van der Waals surface area contributed by atoms with Crippen LogP contribution in [0, 0.1) is 6.92 Å². The van der Waals surface area contributed by atoms with Crippen molar-refractivity contribution in [3.8, 4) is 22.4 Å². The Hall–Kier alpha value is -4.17. The van der Waals surface area contributed by atoms with Crippen LogP contribution in [0.5, 0.6) is 0 Å². The Kier molecular flexibility index (Phi) is 5.00. The first-order valence-corrected chi connectivity index (χ1v) is 11.7. The fourth-order valence-electron chi connectivity index (χ4n) is 4.72. The van der Waals surface area contributed by atoms with Crippen LogP contribution >= 0.6 is 0 Å². The van der Waals surface area contributed by atoms with Gasteiger partial charge in [0.05, 0.1) is 5.69 Å². The molecule has 2 aromatic heterocycles. The molecule has 0 saturated heterocycles. The third-order valence-corrected chi connectivity index (χ3v) is 6.74. The molecular weight excluding hydrogens is 414 g/mol. The zero-order chi connectivity index (χ0) is 23.1. The Labute approximate surface area is 199 Å². The third kappa shape index (κ3) is 3.58. The number of hydrogen-bond donors (Lipinski definition) is 0. The maximum Gasteiger partial charge on any atom is 0.144 e. The van der Waals surface area contributed by atoms with E-state index in [1.165, 1.54) is 27.8 Å². The number of pyridine rings is 1. The maximum atomic E-state index is 6.39. The summed E-state index contributed by atoms with van der Waals surface area (Å²) in [7, 11) is 0. The summed E-state index contributed by atoms with van der Waals surface area (Å²) in [5.74, 6) is 0.287. The number of fused-ring (bicyclic) bond motifs is 3. The van der Waals surface area contributed by atoms with Crippen LogP contribution in [0.1, 0.15) is 29.5 Å². The number of furan rings is 1. The van der Waals surface area contributed by atoms with Gasteiger partial charge in [-0.2, -0.15) is 0 Å². The van der Waals surface area contributed by atoms with Crippen molar-refractivity contribution in [1.29, 1.82) is 0 Å². The molecule has 0 bridgehead atoms. The molecular formula is C32H25NO. The van der Waals surface area contributed by atoms with E-state index in [4.69, 9.17) is 9.40 Å². The second kappa shape index (κ2) is 8.31. The molecule has 164 valence electrons.